The van der Waals surface area contributed by atoms with Gasteiger partial charge in [0.2, 0.25) is 23.6 Å². The van der Waals surface area contributed by atoms with Crippen molar-refractivity contribution in [2.24, 2.45) is 0 Å². The highest BCUT2D eigenvalue weighted by Gasteiger charge is 2.58. The minimum absolute atomic E-state index is 0.0692. The van der Waals surface area contributed by atoms with E-state index in [4.69, 9.17) is 47.4 Å². The predicted octanol–water partition coefficient (Wildman–Crippen LogP) is -6.78. The first-order chi connectivity index (χ1) is 41.0. The van der Waals surface area contributed by atoms with Crippen molar-refractivity contribution in [2.75, 3.05) is 39.6 Å². The van der Waals surface area contributed by atoms with Gasteiger partial charge in [-0.1, -0.05) is 51.5 Å². The Morgan fingerprint density at radius 3 is 1.17 bits per heavy atom. The van der Waals surface area contributed by atoms with Crippen molar-refractivity contribution in [3.63, 3.8) is 0 Å². The topological polar surface area (TPSA) is 481 Å². The van der Waals surface area contributed by atoms with E-state index in [1.54, 1.807) is 12.1 Å². The molecule has 5 aliphatic rings. The lowest BCUT2D eigenvalue weighted by Gasteiger charge is -2.51. The average molecular weight is 1240 g/mol. The molecule has 0 spiro atoms. The van der Waals surface area contributed by atoms with Gasteiger partial charge in [-0.05, 0) is 24.6 Å². The molecule has 5 fully saturated rings. The fourth-order valence-electron chi connectivity index (χ4n) is 11.0. The molecule has 0 saturated carbocycles. The number of benzene rings is 1. The van der Waals surface area contributed by atoms with Crippen LogP contribution < -0.4 is 31.3 Å². The van der Waals surface area contributed by atoms with Crippen LogP contribution in [0.1, 0.15) is 89.9 Å². The molecular formula is C54H87N5O27. The van der Waals surface area contributed by atoms with Gasteiger partial charge in [-0.25, -0.2) is 0 Å². The van der Waals surface area contributed by atoms with E-state index in [0.717, 1.165) is 59.8 Å². The Hall–Kier alpha value is -4.47. The molecule has 0 aliphatic carbocycles. The minimum Gasteiger partial charge on any atom is -0.494 e. The molecule has 32 nitrogen and oxygen atoms in total. The first-order valence-corrected chi connectivity index (χ1v) is 28.8. The Morgan fingerprint density at radius 2 is 0.779 bits per heavy atom. The molecule has 6 rings (SSSR count). The largest absolute Gasteiger partial charge is 0.494 e. The van der Waals surface area contributed by atoms with Crippen LogP contribution in [0, 0.1) is 0 Å². The molecule has 86 heavy (non-hydrogen) atoms. The van der Waals surface area contributed by atoms with E-state index in [0.29, 0.717) is 12.4 Å². The van der Waals surface area contributed by atoms with Crippen molar-refractivity contribution < 1.29 is 133 Å². The molecule has 32 heteroatoms. The van der Waals surface area contributed by atoms with Gasteiger partial charge in [-0.2, -0.15) is 0 Å². The number of aliphatic hydroxyl groups excluding tert-OH is 12. The van der Waals surface area contributed by atoms with E-state index in [9.17, 15) is 85.3 Å². The number of rotatable bonds is 28. The molecule has 16 unspecified atom stereocenters. The highest BCUT2D eigenvalue weighted by atomic mass is 16.8. The van der Waals surface area contributed by atoms with Gasteiger partial charge < -0.3 is 135 Å². The Bertz CT molecular complexity index is 2320. The van der Waals surface area contributed by atoms with Gasteiger partial charge in [0.1, 0.15) is 128 Å². The first kappa shape index (κ1) is 70.6. The zero-order chi connectivity index (χ0) is 63.1. The third kappa shape index (κ3) is 17.9. The zero-order valence-corrected chi connectivity index (χ0v) is 48.4. The number of carbonyl (C=O) groups is 5. The van der Waals surface area contributed by atoms with Crippen molar-refractivity contribution in [2.45, 2.75) is 233 Å². The maximum absolute atomic E-state index is 13.9. The number of aliphatic hydroxyl groups is 12. The van der Waals surface area contributed by atoms with Crippen LogP contribution in [-0.4, -0.2) is 284 Å². The van der Waals surface area contributed by atoms with Crippen LogP contribution in [0.3, 0.4) is 0 Å². The number of hydrogen-bond donors (Lipinski definition) is 17. The zero-order valence-electron chi connectivity index (χ0n) is 48.4. The second-order valence-corrected chi connectivity index (χ2v) is 21.9. The normalized spacial score (nSPS) is 38.3. The molecule has 5 amide bonds. The van der Waals surface area contributed by atoms with E-state index in [1.807, 2.05) is 0 Å². The summed E-state index contributed by atoms with van der Waals surface area (Å²) in [6.07, 6.45) is -28.4. The predicted molar refractivity (Wildman–Crippen MR) is 288 cm³/mol. The molecule has 5 saturated heterocycles. The quantitative estimate of drug-likeness (QED) is 0.0347. The second kappa shape index (κ2) is 33.4. The lowest BCUT2D eigenvalue weighted by molar-refractivity contribution is -0.367. The molecule has 490 valence electrons. The summed E-state index contributed by atoms with van der Waals surface area (Å²) in [5, 5.41) is 145. The molecule has 1 aromatic rings. The Morgan fingerprint density at radius 1 is 0.430 bits per heavy atom. The molecule has 0 radical (unpaired) electrons. The maximum Gasteiger partial charge on any atom is 0.251 e. The van der Waals surface area contributed by atoms with E-state index in [-0.39, 0.29) is 5.56 Å². The molecule has 1 aromatic carbocycles. The number of unbranched alkanes of at least 4 members (excludes halogenated alkanes) is 6. The van der Waals surface area contributed by atoms with Gasteiger partial charge in [0.15, 0.2) is 31.5 Å². The van der Waals surface area contributed by atoms with Crippen molar-refractivity contribution in [1.29, 1.82) is 0 Å². The SMILES string of the molecule is CCCCCCCCCOc1cccc(C(=O)NC2C(O[C@@H]3C(CO)OC(OC4C(CO)O[C@@H](O[C@@H]5C(CO)OC(OC6C(CO)O[C@@H](O)[C@@H](NC(C)=O)[C@@H]6O)C(NC(C)=O)C5O)[C@@H](NC(C)=O)[C@@H]4O)C(NC(C)=O)C3O)OC(CO)[C@@H](O)C2O)c1. The van der Waals surface area contributed by atoms with E-state index in [1.165, 1.54) is 25.0 Å². The van der Waals surface area contributed by atoms with Gasteiger partial charge in [-0.15, -0.1) is 0 Å². The third-order valence-electron chi connectivity index (χ3n) is 15.4. The van der Waals surface area contributed by atoms with Crippen molar-refractivity contribution in [3.8, 4) is 5.75 Å². The van der Waals surface area contributed by atoms with Gasteiger partial charge in [0, 0.05) is 33.3 Å². The van der Waals surface area contributed by atoms with Crippen LogP contribution in [0.25, 0.3) is 0 Å². The number of carbonyl (C=O) groups excluding carboxylic acids is 5. The maximum atomic E-state index is 13.9. The number of amides is 5. The summed E-state index contributed by atoms with van der Waals surface area (Å²) >= 11 is 0. The highest BCUT2D eigenvalue weighted by molar-refractivity contribution is 5.94. The minimum atomic E-state index is -2.03. The summed E-state index contributed by atoms with van der Waals surface area (Å²) < 4.78 is 59.8. The standard InChI is InChI=1S/C54H87N5O27/c1-6-7-8-9-10-11-12-16-77-28-15-13-14-27(17-28)49(75)59-35-40(70)39(69)29(18-60)79-51(35)84-46-31(20-62)81-53(37(42(46)72)57-25(4)67)86-48-33(22-64)82-54(38(44(48)74)58-26(5)68)85-47-32(21-63)80-52(36(43(47)73)56-24(3)66)83-45-30(19-61)78-50(76)34(41(45)71)55-23(2)65/h13-15,17,29-48,50-54,60-64,69-74,76H,6-12,16,18-22H2,1-5H3,(H,55,65)(H,56,66)(H,57,67)(H,58,68)(H,59,75)/t29?,30?,31?,32?,33?,34-,35?,36?,37?,38-,39+,40?,41-,42?,43?,44-,45?,46+,47+,48?,50+,51?,52?,53?,54-/m0/s1. The Balaban J connectivity index is 1.19. The number of nitrogens with one attached hydrogen (secondary N) is 5. The summed E-state index contributed by atoms with van der Waals surface area (Å²) in [5.41, 5.74) is 0.0692. The van der Waals surface area contributed by atoms with Gasteiger partial charge >= 0.3 is 0 Å². The summed E-state index contributed by atoms with van der Waals surface area (Å²) in [6.45, 7) is 2.06. The molecular weight excluding hydrogens is 1150 g/mol. The van der Waals surface area contributed by atoms with Gasteiger partial charge in [0.05, 0.1) is 39.6 Å². The molecule has 0 aromatic heterocycles. The summed E-state index contributed by atoms with van der Waals surface area (Å²) in [6, 6.07) is -2.12. The van der Waals surface area contributed by atoms with Crippen molar-refractivity contribution in [1.82, 2.24) is 26.6 Å². The fourth-order valence-corrected chi connectivity index (χ4v) is 11.0. The number of ether oxygens (including phenoxy) is 10. The van der Waals surface area contributed by atoms with Crippen LogP contribution in [-0.2, 0) is 61.8 Å². The van der Waals surface area contributed by atoms with Crippen LogP contribution in [0.2, 0.25) is 0 Å². The smallest absolute Gasteiger partial charge is 0.251 e. The van der Waals surface area contributed by atoms with Crippen LogP contribution in [0.4, 0.5) is 0 Å². The summed E-state index contributed by atoms with van der Waals surface area (Å²) in [7, 11) is 0. The van der Waals surface area contributed by atoms with Crippen LogP contribution in [0.15, 0.2) is 24.3 Å². The Labute approximate surface area is 495 Å². The van der Waals surface area contributed by atoms with Crippen molar-refractivity contribution >= 4 is 29.5 Å². The average Bonchev–Trinajstić information content (AvgIpc) is 0.950. The third-order valence-corrected chi connectivity index (χ3v) is 15.4. The first-order valence-electron chi connectivity index (χ1n) is 28.8. The monoisotopic (exact) mass is 1240 g/mol. The molecule has 0 bridgehead atoms. The van der Waals surface area contributed by atoms with Crippen molar-refractivity contribution in [3.05, 3.63) is 29.8 Å². The summed E-state index contributed by atoms with van der Waals surface area (Å²) in [4.78, 5) is 64.0. The van der Waals surface area contributed by atoms with E-state index < -0.39 is 216 Å². The molecule has 5 aliphatic heterocycles. The van der Waals surface area contributed by atoms with Gasteiger partial charge in [0.25, 0.3) is 5.91 Å². The van der Waals surface area contributed by atoms with E-state index >= 15 is 0 Å². The molecule has 5 heterocycles. The summed E-state index contributed by atoms with van der Waals surface area (Å²) in [5.74, 6) is -3.50. The highest BCUT2D eigenvalue weighted by Crippen LogP contribution is 2.36. The number of hydrogen-bond acceptors (Lipinski definition) is 27. The van der Waals surface area contributed by atoms with Crippen LogP contribution >= 0.6 is 0 Å². The lowest BCUT2D eigenvalue weighted by Crippen LogP contribution is -2.72. The fraction of sp³-hybridized carbons (Fsp3) is 0.796. The van der Waals surface area contributed by atoms with Crippen LogP contribution in [0.5, 0.6) is 5.75 Å². The molecule has 25 atom stereocenters. The lowest BCUT2D eigenvalue weighted by atomic mass is 9.93. The second-order valence-electron chi connectivity index (χ2n) is 21.9. The Kier molecular flexibility index (Phi) is 27.4. The van der Waals surface area contributed by atoms with E-state index in [2.05, 4.69) is 33.5 Å². The molecule has 17 N–H and O–H groups in total. The van der Waals surface area contributed by atoms with Gasteiger partial charge in [-0.3, -0.25) is 24.0 Å².